The summed E-state index contributed by atoms with van der Waals surface area (Å²) in [5.41, 5.74) is 15.2. The molecule has 0 saturated carbocycles. The molecular formula is C72H118N4. The Kier molecular flexibility index (Phi) is 34.7. The first-order valence-corrected chi connectivity index (χ1v) is 33.8. The summed E-state index contributed by atoms with van der Waals surface area (Å²) in [6.45, 7) is 9.27. The van der Waals surface area contributed by atoms with Crippen molar-refractivity contribution >= 4 is 46.4 Å². The quantitative estimate of drug-likeness (QED) is 0.0382. The van der Waals surface area contributed by atoms with Gasteiger partial charge in [0.25, 0.3) is 0 Å². The van der Waals surface area contributed by atoms with Gasteiger partial charge < -0.3 is 9.97 Å². The lowest BCUT2D eigenvalue weighted by molar-refractivity contribution is 0.549. The Morgan fingerprint density at radius 2 is 0.408 bits per heavy atom. The highest BCUT2D eigenvalue weighted by Crippen LogP contribution is 2.31. The summed E-state index contributed by atoms with van der Waals surface area (Å²) < 4.78 is 0. The normalized spacial score (nSPS) is 12.3. The molecule has 0 atom stereocenters. The predicted molar refractivity (Wildman–Crippen MR) is 340 cm³/mol. The molecule has 76 heavy (non-hydrogen) atoms. The van der Waals surface area contributed by atoms with E-state index in [9.17, 15) is 0 Å². The van der Waals surface area contributed by atoms with Crippen molar-refractivity contribution in [1.82, 2.24) is 19.9 Å². The molecular weight excluding hydrogens is 921 g/mol. The summed E-state index contributed by atoms with van der Waals surface area (Å²) in [6.07, 6.45) is 73.5. The Labute approximate surface area is 469 Å². The van der Waals surface area contributed by atoms with Gasteiger partial charge >= 0.3 is 0 Å². The first-order chi connectivity index (χ1) is 37.7. The van der Waals surface area contributed by atoms with E-state index >= 15 is 0 Å². The number of hydrogen-bond acceptors (Lipinski definition) is 2. The van der Waals surface area contributed by atoms with Crippen LogP contribution in [0.1, 0.15) is 355 Å². The van der Waals surface area contributed by atoms with Crippen LogP contribution in [0.25, 0.3) is 46.4 Å². The number of hydrogen-bond donors (Lipinski definition) is 2. The highest BCUT2D eigenvalue weighted by Gasteiger charge is 2.17. The first-order valence-electron chi connectivity index (χ1n) is 33.8. The second kappa shape index (κ2) is 41.6. The number of nitrogens with one attached hydrogen (secondary N) is 2. The Balaban J connectivity index is 1.43. The van der Waals surface area contributed by atoms with Crippen LogP contribution in [0.5, 0.6) is 0 Å². The molecule has 0 aromatic carbocycles. The maximum absolute atomic E-state index is 5.62. The zero-order chi connectivity index (χ0) is 53.4. The Hall–Kier alpha value is -3.40. The molecule has 0 saturated heterocycles. The van der Waals surface area contributed by atoms with Crippen molar-refractivity contribution in [1.29, 1.82) is 0 Å². The van der Waals surface area contributed by atoms with Crippen LogP contribution >= 0.6 is 0 Å². The molecule has 0 aliphatic carbocycles. The SMILES string of the molecule is CCCCCCCCCCCCCc1c2nc(c(CCCCCCCCCCCCC)c3ccc([nH]3)c(CCCCCCCCCCCCC)c3ccc([nH]3)c(CCCCCCCCCCCCC)c3nc1C=C3)C=C2. The molecule has 0 unspecified atom stereocenters. The van der Waals surface area contributed by atoms with E-state index in [2.05, 4.69) is 86.2 Å². The fourth-order valence-corrected chi connectivity index (χ4v) is 12.4. The van der Waals surface area contributed by atoms with Gasteiger partial charge in [0.2, 0.25) is 0 Å². The molecule has 4 heteroatoms. The van der Waals surface area contributed by atoms with Crippen LogP contribution in [0.3, 0.4) is 0 Å². The van der Waals surface area contributed by atoms with E-state index in [-0.39, 0.29) is 0 Å². The van der Waals surface area contributed by atoms with Gasteiger partial charge in [0.05, 0.1) is 22.8 Å². The van der Waals surface area contributed by atoms with Gasteiger partial charge in [-0.15, -0.1) is 0 Å². The van der Waals surface area contributed by atoms with Crippen molar-refractivity contribution in [2.75, 3.05) is 0 Å². The zero-order valence-electron chi connectivity index (χ0n) is 50.5. The van der Waals surface area contributed by atoms with Crippen LogP contribution in [0.4, 0.5) is 0 Å². The Morgan fingerprint density at radius 3 is 0.658 bits per heavy atom. The lowest BCUT2D eigenvalue weighted by Gasteiger charge is -2.07. The lowest BCUT2D eigenvalue weighted by atomic mass is 10.0. The van der Waals surface area contributed by atoms with Crippen LogP contribution in [-0.2, 0) is 25.7 Å². The summed E-state index contributed by atoms with van der Waals surface area (Å²) in [6, 6.07) is 9.59. The van der Waals surface area contributed by atoms with Crippen molar-refractivity contribution in [3.05, 3.63) is 69.3 Å². The van der Waals surface area contributed by atoms with Gasteiger partial charge in [-0.25, -0.2) is 9.97 Å². The number of aryl methyl sites for hydroxylation is 3. The minimum atomic E-state index is 1.03. The van der Waals surface area contributed by atoms with E-state index in [1.54, 1.807) is 0 Å². The largest absolute Gasteiger partial charge is 0.355 e. The molecule has 0 amide bonds. The molecule has 0 spiro atoms. The molecule has 5 heterocycles. The molecule has 3 aromatic rings. The van der Waals surface area contributed by atoms with E-state index < -0.39 is 0 Å². The second-order valence-electron chi connectivity index (χ2n) is 24.1. The maximum Gasteiger partial charge on any atom is 0.0691 e. The first kappa shape index (κ1) is 63.4. The topological polar surface area (TPSA) is 57.4 Å². The van der Waals surface area contributed by atoms with E-state index in [4.69, 9.17) is 9.97 Å². The smallest absolute Gasteiger partial charge is 0.0691 e. The van der Waals surface area contributed by atoms with E-state index in [0.29, 0.717) is 0 Å². The molecule has 0 fully saturated rings. The van der Waals surface area contributed by atoms with Crippen LogP contribution in [0, 0.1) is 0 Å². The fourth-order valence-electron chi connectivity index (χ4n) is 12.4. The van der Waals surface area contributed by atoms with Gasteiger partial charge in [0.1, 0.15) is 0 Å². The van der Waals surface area contributed by atoms with Crippen molar-refractivity contribution < 1.29 is 0 Å². The monoisotopic (exact) mass is 1040 g/mol. The molecule has 2 aliphatic rings. The van der Waals surface area contributed by atoms with Crippen molar-refractivity contribution in [2.24, 2.45) is 0 Å². The molecule has 3 aromatic heterocycles. The van der Waals surface area contributed by atoms with Crippen LogP contribution < -0.4 is 0 Å². The molecule has 0 radical (unpaired) electrons. The highest BCUT2D eigenvalue weighted by atomic mass is 14.8. The number of H-pyrrole nitrogens is 2. The number of aromatic amines is 2. The van der Waals surface area contributed by atoms with Crippen LogP contribution in [-0.4, -0.2) is 19.9 Å². The third-order valence-corrected chi connectivity index (χ3v) is 17.3. The standard InChI is InChI=1S/C72H118N4/c1-5-9-13-17-21-25-29-33-37-41-45-49-61-65-53-55-67(73-65)62(50-46-42-38-34-30-26-22-18-14-10-6-2)69-57-59-71(75-69)64(52-48-44-40-36-32-28-24-20-16-12-8-4)72-60-58-70(76-72)63(68-56-54-66(61)74-68)51-47-43-39-35-31-27-23-19-15-11-7-3/h53-60,73-74H,5-52H2,1-4H3. The Bertz CT molecular complexity index is 2040. The summed E-state index contributed by atoms with van der Waals surface area (Å²) in [7, 11) is 0. The summed E-state index contributed by atoms with van der Waals surface area (Å²) in [5.74, 6) is 0. The van der Waals surface area contributed by atoms with Gasteiger partial charge in [-0.1, -0.05) is 285 Å². The third kappa shape index (κ3) is 25.2. The van der Waals surface area contributed by atoms with Gasteiger partial charge in [0.15, 0.2) is 0 Å². The predicted octanol–water partition coefficient (Wildman–Crippen LogP) is 24.1. The van der Waals surface area contributed by atoms with Crippen molar-refractivity contribution in [3.8, 4) is 0 Å². The van der Waals surface area contributed by atoms with Gasteiger partial charge in [-0.3, -0.25) is 0 Å². The second-order valence-corrected chi connectivity index (χ2v) is 24.1. The maximum atomic E-state index is 5.62. The molecule has 2 N–H and O–H groups in total. The van der Waals surface area contributed by atoms with E-state index in [0.717, 1.165) is 48.5 Å². The summed E-state index contributed by atoms with van der Waals surface area (Å²) >= 11 is 0. The van der Waals surface area contributed by atoms with Crippen LogP contribution in [0.15, 0.2) is 24.3 Å². The van der Waals surface area contributed by atoms with E-state index in [1.165, 1.54) is 327 Å². The van der Waals surface area contributed by atoms with E-state index in [1.807, 2.05) is 0 Å². The number of nitrogens with zero attached hydrogens (tertiary/aromatic N) is 2. The zero-order valence-corrected chi connectivity index (χ0v) is 50.5. The minimum absolute atomic E-state index is 1.03. The molecule has 4 nitrogen and oxygen atoms in total. The number of rotatable bonds is 48. The highest BCUT2D eigenvalue weighted by molar-refractivity contribution is 5.83. The Morgan fingerprint density at radius 1 is 0.224 bits per heavy atom. The van der Waals surface area contributed by atoms with Crippen molar-refractivity contribution in [2.45, 2.75) is 336 Å². The third-order valence-electron chi connectivity index (χ3n) is 17.3. The molecule has 426 valence electrons. The summed E-state index contributed by atoms with van der Waals surface area (Å²) in [5, 5.41) is 0. The van der Waals surface area contributed by atoms with Gasteiger partial charge in [-0.05, 0) is 105 Å². The minimum Gasteiger partial charge on any atom is -0.355 e. The number of aromatic nitrogens is 4. The average Bonchev–Trinajstić information content (AvgIpc) is 4.33. The van der Waals surface area contributed by atoms with Crippen LogP contribution in [0.2, 0.25) is 0 Å². The molecule has 2 aliphatic heterocycles. The summed E-state index contributed by atoms with van der Waals surface area (Å²) in [4.78, 5) is 19.4. The molecule has 5 rings (SSSR count). The lowest BCUT2D eigenvalue weighted by Crippen LogP contribution is -1.97. The molecule has 8 bridgehead atoms. The fraction of sp³-hybridized carbons (Fsp3) is 0.722. The van der Waals surface area contributed by atoms with Crippen molar-refractivity contribution in [3.63, 3.8) is 0 Å². The number of unbranched alkanes of at least 4 members (excludes halogenated alkanes) is 40. The van der Waals surface area contributed by atoms with Gasteiger partial charge in [-0.2, -0.15) is 0 Å². The average molecular weight is 1040 g/mol. The number of fused-ring (bicyclic) bond motifs is 8. The van der Waals surface area contributed by atoms with Gasteiger partial charge in [0, 0.05) is 38.8 Å².